The number of hydrogen-bond acceptors (Lipinski definition) is 5. The summed E-state index contributed by atoms with van der Waals surface area (Å²) < 4.78 is 6.02. The second-order valence-electron chi connectivity index (χ2n) is 6.54. The van der Waals surface area contributed by atoms with E-state index in [1.807, 2.05) is 40.7 Å². The maximum absolute atomic E-state index is 12.3. The fourth-order valence-corrected chi connectivity index (χ4v) is 4.07. The van der Waals surface area contributed by atoms with Crippen LogP contribution in [0.4, 0.5) is 5.69 Å². The Labute approximate surface area is 145 Å². The molecule has 4 rings (SSSR count). The van der Waals surface area contributed by atoms with E-state index in [-0.39, 0.29) is 18.1 Å². The van der Waals surface area contributed by atoms with Crippen molar-refractivity contribution < 1.29 is 9.53 Å². The van der Waals surface area contributed by atoms with Gasteiger partial charge in [0.15, 0.2) is 0 Å². The molecular formula is C18H21N3O2S. The molecule has 0 saturated carbocycles. The van der Waals surface area contributed by atoms with Crippen molar-refractivity contribution in [2.24, 2.45) is 0 Å². The molecule has 0 N–H and O–H groups in total. The van der Waals surface area contributed by atoms with E-state index in [4.69, 9.17) is 4.74 Å². The van der Waals surface area contributed by atoms with Gasteiger partial charge in [0.2, 0.25) is 0 Å². The average Bonchev–Trinajstić information content (AvgIpc) is 3.13. The molecule has 2 aliphatic rings. The number of para-hydroxylation sites is 1. The number of rotatable bonds is 3. The van der Waals surface area contributed by atoms with Gasteiger partial charge in [-0.15, -0.1) is 11.3 Å². The van der Waals surface area contributed by atoms with Crippen LogP contribution in [0.2, 0.25) is 0 Å². The summed E-state index contributed by atoms with van der Waals surface area (Å²) in [4.78, 5) is 21.0. The fourth-order valence-electron chi connectivity index (χ4n) is 3.52. The molecule has 1 aromatic heterocycles. The highest BCUT2D eigenvalue weighted by molar-refractivity contribution is 7.07. The smallest absolute Gasteiger partial charge is 0.253 e. The average molecular weight is 343 g/mol. The number of ether oxygens (including phenoxy) is 1. The summed E-state index contributed by atoms with van der Waals surface area (Å²) in [5.41, 5.74) is 3.79. The van der Waals surface area contributed by atoms with E-state index in [0.717, 1.165) is 43.9 Å². The van der Waals surface area contributed by atoms with Crippen molar-refractivity contribution in [1.29, 1.82) is 0 Å². The Morgan fingerprint density at radius 2 is 2.00 bits per heavy atom. The van der Waals surface area contributed by atoms with Gasteiger partial charge in [-0.3, -0.25) is 9.69 Å². The van der Waals surface area contributed by atoms with Crippen LogP contribution in [-0.4, -0.2) is 47.6 Å². The van der Waals surface area contributed by atoms with E-state index in [1.165, 1.54) is 0 Å². The number of piperidine rings is 1. The van der Waals surface area contributed by atoms with Crippen molar-refractivity contribution in [3.8, 4) is 0 Å². The molecular weight excluding hydrogens is 322 g/mol. The summed E-state index contributed by atoms with van der Waals surface area (Å²) in [6, 6.07) is 9.91. The van der Waals surface area contributed by atoms with Gasteiger partial charge in [-0.05, 0) is 25.0 Å². The number of aromatic nitrogens is 1. The lowest BCUT2D eigenvalue weighted by atomic mass is 9.89. The number of carbonyl (C=O) groups is 1. The molecule has 1 spiro atoms. The van der Waals surface area contributed by atoms with Crippen LogP contribution in [0.25, 0.3) is 0 Å². The Bertz CT molecular complexity index is 682. The van der Waals surface area contributed by atoms with Crippen molar-refractivity contribution in [2.75, 3.05) is 31.1 Å². The number of nitrogens with zero attached hydrogens (tertiary/aromatic N) is 3. The number of benzene rings is 1. The summed E-state index contributed by atoms with van der Waals surface area (Å²) in [6.07, 6.45) is 1.90. The number of hydrogen-bond donors (Lipinski definition) is 0. The van der Waals surface area contributed by atoms with Gasteiger partial charge in [-0.1, -0.05) is 18.2 Å². The topological polar surface area (TPSA) is 45.7 Å². The normalized spacial score (nSPS) is 21.3. The van der Waals surface area contributed by atoms with E-state index in [0.29, 0.717) is 6.54 Å². The van der Waals surface area contributed by atoms with Crippen LogP contribution >= 0.6 is 11.3 Å². The number of thiazole rings is 1. The van der Waals surface area contributed by atoms with Crippen LogP contribution in [0.3, 0.4) is 0 Å². The number of amides is 1. The van der Waals surface area contributed by atoms with Gasteiger partial charge in [0.05, 0.1) is 23.4 Å². The van der Waals surface area contributed by atoms with Gasteiger partial charge in [0.25, 0.3) is 5.91 Å². The summed E-state index contributed by atoms with van der Waals surface area (Å²) in [7, 11) is 0. The third-order valence-electron chi connectivity index (χ3n) is 4.95. The molecule has 0 unspecified atom stereocenters. The van der Waals surface area contributed by atoms with E-state index in [1.54, 1.807) is 11.3 Å². The summed E-state index contributed by atoms with van der Waals surface area (Å²) >= 11 is 1.64. The van der Waals surface area contributed by atoms with E-state index >= 15 is 0 Å². The van der Waals surface area contributed by atoms with Gasteiger partial charge in [-0.2, -0.15) is 0 Å². The van der Waals surface area contributed by atoms with Crippen LogP contribution in [0.5, 0.6) is 0 Å². The largest absolute Gasteiger partial charge is 0.363 e. The maximum atomic E-state index is 12.3. The zero-order valence-corrected chi connectivity index (χ0v) is 14.4. The van der Waals surface area contributed by atoms with E-state index in [2.05, 4.69) is 15.3 Å². The van der Waals surface area contributed by atoms with Gasteiger partial charge >= 0.3 is 0 Å². The number of morpholine rings is 1. The zero-order chi connectivity index (χ0) is 16.4. The molecule has 2 aliphatic heterocycles. The molecule has 2 saturated heterocycles. The molecule has 0 atom stereocenters. The SMILES string of the molecule is O=C1COC2(CCN(Cc3cscn3)CC2)CN1c1ccccc1. The molecule has 3 heterocycles. The lowest BCUT2D eigenvalue weighted by Crippen LogP contribution is -2.58. The van der Waals surface area contributed by atoms with Crippen LogP contribution in [0.1, 0.15) is 18.5 Å². The minimum atomic E-state index is -0.206. The molecule has 1 amide bonds. The molecule has 5 nitrogen and oxygen atoms in total. The third kappa shape index (κ3) is 3.22. The van der Waals surface area contributed by atoms with Crippen molar-refractivity contribution >= 4 is 22.9 Å². The Kier molecular flexibility index (Phi) is 4.35. The molecule has 6 heteroatoms. The van der Waals surface area contributed by atoms with Crippen LogP contribution < -0.4 is 4.90 Å². The number of carbonyl (C=O) groups excluding carboxylic acids is 1. The quantitative estimate of drug-likeness (QED) is 0.859. The van der Waals surface area contributed by atoms with Crippen molar-refractivity contribution in [3.63, 3.8) is 0 Å². The molecule has 0 aliphatic carbocycles. The van der Waals surface area contributed by atoms with Gasteiger partial charge in [0, 0.05) is 30.7 Å². The first-order chi connectivity index (χ1) is 11.7. The Morgan fingerprint density at radius 1 is 1.21 bits per heavy atom. The van der Waals surface area contributed by atoms with Crippen LogP contribution in [0, 0.1) is 0 Å². The maximum Gasteiger partial charge on any atom is 0.253 e. The second kappa shape index (κ2) is 6.63. The first-order valence-electron chi connectivity index (χ1n) is 8.33. The van der Waals surface area contributed by atoms with Crippen LogP contribution in [-0.2, 0) is 16.1 Å². The summed E-state index contributed by atoms with van der Waals surface area (Å²) in [5, 5.41) is 2.11. The molecule has 2 aromatic rings. The molecule has 1 aromatic carbocycles. The first-order valence-corrected chi connectivity index (χ1v) is 9.27. The fraction of sp³-hybridized carbons (Fsp3) is 0.444. The Hall–Kier alpha value is -1.76. The van der Waals surface area contributed by atoms with Gasteiger partial charge in [0.1, 0.15) is 6.61 Å². The molecule has 0 radical (unpaired) electrons. The number of likely N-dealkylation sites (tertiary alicyclic amines) is 1. The van der Waals surface area contributed by atoms with Crippen molar-refractivity contribution in [3.05, 3.63) is 46.9 Å². The highest BCUT2D eigenvalue weighted by Gasteiger charge is 2.42. The summed E-state index contributed by atoms with van der Waals surface area (Å²) in [5.74, 6) is 0.0525. The minimum absolute atomic E-state index is 0.0525. The highest BCUT2D eigenvalue weighted by atomic mass is 32.1. The molecule has 126 valence electrons. The predicted octanol–water partition coefficient (Wildman–Crippen LogP) is 2.54. The monoisotopic (exact) mass is 343 g/mol. The lowest BCUT2D eigenvalue weighted by Gasteiger charge is -2.46. The van der Waals surface area contributed by atoms with Crippen LogP contribution in [0.15, 0.2) is 41.2 Å². The first kappa shape index (κ1) is 15.7. The van der Waals surface area contributed by atoms with E-state index < -0.39 is 0 Å². The summed E-state index contributed by atoms with van der Waals surface area (Å²) in [6.45, 7) is 3.70. The zero-order valence-electron chi connectivity index (χ0n) is 13.6. The third-order valence-corrected chi connectivity index (χ3v) is 5.59. The van der Waals surface area contributed by atoms with Crippen molar-refractivity contribution in [1.82, 2.24) is 9.88 Å². The molecule has 0 bridgehead atoms. The lowest BCUT2D eigenvalue weighted by molar-refractivity contribution is -0.145. The predicted molar refractivity (Wildman–Crippen MR) is 94.1 cm³/mol. The number of anilines is 1. The minimum Gasteiger partial charge on any atom is -0.363 e. The highest BCUT2D eigenvalue weighted by Crippen LogP contribution is 2.33. The van der Waals surface area contributed by atoms with Gasteiger partial charge in [-0.25, -0.2) is 4.98 Å². The van der Waals surface area contributed by atoms with E-state index in [9.17, 15) is 4.79 Å². The Morgan fingerprint density at radius 3 is 2.71 bits per heavy atom. The Balaban J connectivity index is 1.42. The van der Waals surface area contributed by atoms with Gasteiger partial charge < -0.3 is 9.64 Å². The second-order valence-corrected chi connectivity index (χ2v) is 7.26. The standard InChI is InChI=1S/C18H21N3O2S/c22-17-11-23-18(13-21(17)16-4-2-1-3-5-16)6-8-20(9-7-18)10-15-12-24-14-19-15/h1-5,12,14H,6-11,13H2. The van der Waals surface area contributed by atoms with Crippen molar-refractivity contribution in [2.45, 2.75) is 25.0 Å². The molecule has 24 heavy (non-hydrogen) atoms. The molecule has 2 fully saturated rings.